The molecule has 2 aromatic rings. The predicted molar refractivity (Wildman–Crippen MR) is 65.8 cm³/mol. The number of nitrogens with zero attached hydrogens (tertiary/aromatic N) is 1. The fraction of sp³-hybridized carbons (Fsp3) is 0.0909. The molecule has 2 rings (SSSR count). The summed E-state index contributed by atoms with van der Waals surface area (Å²) in [7, 11) is 0. The summed E-state index contributed by atoms with van der Waals surface area (Å²) in [5.41, 5.74) is 6.57. The molecule has 1 heterocycles. The number of anilines is 1. The summed E-state index contributed by atoms with van der Waals surface area (Å²) in [5, 5.41) is 13.9. The minimum atomic E-state index is -0.277. The molecule has 0 atom stereocenters. The van der Waals surface area contributed by atoms with Gasteiger partial charge in [-0.2, -0.15) is 0 Å². The van der Waals surface area contributed by atoms with Crippen LogP contribution in [-0.2, 0) is 6.54 Å². The maximum absolute atomic E-state index is 11.6. The number of carbonyl (C=O) groups excluding carboxylic acids is 1. The van der Waals surface area contributed by atoms with Gasteiger partial charge in [0, 0.05) is 11.9 Å². The summed E-state index contributed by atoms with van der Waals surface area (Å²) >= 11 is 1.22. The molecule has 0 bridgehead atoms. The Balaban J connectivity index is 1.97. The van der Waals surface area contributed by atoms with E-state index in [1.165, 1.54) is 11.3 Å². The van der Waals surface area contributed by atoms with Gasteiger partial charge in [-0.1, -0.05) is 12.1 Å². The lowest BCUT2D eigenvalue weighted by Crippen LogP contribution is -2.23. The molecule has 1 aromatic carbocycles. The zero-order valence-corrected chi connectivity index (χ0v) is 9.70. The highest BCUT2D eigenvalue weighted by Gasteiger charge is 2.08. The van der Waals surface area contributed by atoms with E-state index in [0.717, 1.165) is 5.56 Å². The molecule has 0 aliphatic heterocycles. The van der Waals surface area contributed by atoms with Crippen LogP contribution >= 0.6 is 11.3 Å². The largest absolute Gasteiger partial charge is 0.508 e. The average Bonchev–Trinajstić information content (AvgIpc) is 2.73. The topological polar surface area (TPSA) is 88.2 Å². The number of phenolic OH excluding ortho intramolecular Hbond substituents is 1. The number of hydrogen-bond acceptors (Lipinski definition) is 5. The molecule has 1 amide bonds. The highest BCUT2D eigenvalue weighted by Crippen LogP contribution is 2.12. The first kappa shape index (κ1) is 11.4. The number of nitrogen functional groups attached to an aromatic ring is 1. The summed E-state index contributed by atoms with van der Waals surface area (Å²) in [6, 6.07) is 6.70. The van der Waals surface area contributed by atoms with E-state index in [2.05, 4.69) is 10.3 Å². The summed E-state index contributed by atoms with van der Waals surface area (Å²) in [4.78, 5) is 15.5. The molecule has 0 spiro atoms. The number of carbonyl (C=O) groups is 1. The number of hydrogen-bond donors (Lipinski definition) is 3. The van der Waals surface area contributed by atoms with Crippen molar-refractivity contribution in [2.24, 2.45) is 0 Å². The minimum Gasteiger partial charge on any atom is -0.508 e. The lowest BCUT2D eigenvalue weighted by Gasteiger charge is -2.03. The van der Waals surface area contributed by atoms with Gasteiger partial charge in [0.25, 0.3) is 5.91 Å². The average molecular weight is 249 g/mol. The Morgan fingerprint density at radius 2 is 2.35 bits per heavy atom. The van der Waals surface area contributed by atoms with Crippen molar-refractivity contribution in [2.45, 2.75) is 6.54 Å². The van der Waals surface area contributed by atoms with Crippen LogP contribution in [0.1, 0.15) is 16.1 Å². The molecule has 0 aliphatic carbocycles. The van der Waals surface area contributed by atoms with E-state index >= 15 is 0 Å². The first-order valence-corrected chi connectivity index (χ1v) is 5.80. The smallest absolute Gasteiger partial charge is 0.271 e. The highest BCUT2D eigenvalue weighted by atomic mass is 32.1. The molecule has 4 N–H and O–H groups in total. The minimum absolute atomic E-state index is 0.176. The third-order valence-corrected chi connectivity index (χ3v) is 2.79. The third kappa shape index (κ3) is 2.94. The SMILES string of the molecule is Nc1nc(C(=O)NCc2cccc(O)c2)cs1. The molecule has 5 nitrogen and oxygen atoms in total. The number of nitrogens with two attached hydrogens (primary N) is 1. The number of benzene rings is 1. The van der Waals surface area contributed by atoms with Gasteiger partial charge >= 0.3 is 0 Å². The molecule has 0 unspecified atom stereocenters. The molecule has 0 saturated carbocycles. The maximum Gasteiger partial charge on any atom is 0.271 e. The lowest BCUT2D eigenvalue weighted by molar-refractivity contribution is 0.0946. The molecule has 0 saturated heterocycles. The van der Waals surface area contributed by atoms with Crippen LogP contribution in [0.2, 0.25) is 0 Å². The summed E-state index contributed by atoms with van der Waals surface area (Å²) in [5.74, 6) is -0.101. The number of rotatable bonds is 3. The van der Waals surface area contributed by atoms with Crippen LogP contribution in [0.15, 0.2) is 29.6 Å². The third-order valence-electron chi connectivity index (χ3n) is 2.12. The van der Waals surface area contributed by atoms with Gasteiger partial charge in [-0.15, -0.1) is 11.3 Å². The molecular weight excluding hydrogens is 238 g/mol. The van der Waals surface area contributed by atoms with Gasteiger partial charge in [0.2, 0.25) is 0 Å². The summed E-state index contributed by atoms with van der Waals surface area (Å²) in [6.07, 6.45) is 0. The monoisotopic (exact) mass is 249 g/mol. The molecule has 1 aromatic heterocycles. The first-order valence-electron chi connectivity index (χ1n) is 4.92. The lowest BCUT2D eigenvalue weighted by atomic mass is 10.2. The van der Waals surface area contributed by atoms with Crippen molar-refractivity contribution in [2.75, 3.05) is 5.73 Å². The van der Waals surface area contributed by atoms with Crippen LogP contribution < -0.4 is 11.1 Å². The van der Waals surface area contributed by atoms with Crippen molar-refractivity contribution in [3.8, 4) is 5.75 Å². The summed E-state index contributed by atoms with van der Waals surface area (Å²) < 4.78 is 0. The van der Waals surface area contributed by atoms with Gasteiger partial charge in [-0.25, -0.2) is 4.98 Å². The second-order valence-electron chi connectivity index (χ2n) is 3.42. The Labute approximate surface area is 102 Å². The zero-order valence-electron chi connectivity index (χ0n) is 8.88. The van der Waals surface area contributed by atoms with E-state index in [1.807, 2.05) is 6.07 Å². The van der Waals surface area contributed by atoms with Crippen molar-refractivity contribution >= 4 is 22.4 Å². The summed E-state index contributed by atoms with van der Waals surface area (Å²) in [6.45, 7) is 0.338. The molecule has 6 heteroatoms. The van der Waals surface area contributed by atoms with Gasteiger partial charge in [0.15, 0.2) is 5.13 Å². The highest BCUT2D eigenvalue weighted by molar-refractivity contribution is 7.13. The van der Waals surface area contributed by atoms with Crippen LogP contribution in [0.5, 0.6) is 5.75 Å². The number of aromatic nitrogens is 1. The second kappa shape index (κ2) is 4.84. The van der Waals surface area contributed by atoms with E-state index in [9.17, 15) is 9.90 Å². The predicted octanol–water partition coefficient (Wildman–Crippen LogP) is 1.36. The Morgan fingerprint density at radius 1 is 1.53 bits per heavy atom. The van der Waals surface area contributed by atoms with E-state index in [-0.39, 0.29) is 11.7 Å². The van der Waals surface area contributed by atoms with Crippen LogP contribution in [0.3, 0.4) is 0 Å². The molecular formula is C11H11N3O2S. The standard InChI is InChI=1S/C11H11N3O2S/c12-11-14-9(6-17-11)10(16)13-5-7-2-1-3-8(15)4-7/h1-4,6,15H,5H2,(H2,12,14)(H,13,16). The van der Waals surface area contributed by atoms with Crippen LogP contribution in [0, 0.1) is 0 Å². The van der Waals surface area contributed by atoms with Gasteiger partial charge in [-0.05, 0) is 17.7 Å². The van der Waals surface area contributed by atoms with Crippen LogP contribution in [0.25, 0.3) is 0 Å². The van der Waals surface area contributed by atoms with E-state index in [0.29, 0.717) is 17.4 Å². The number of aromatic hydroxyl groups is 1. The molecule has 17 heavy (non-hydrogen) atoms. The van der Waals surface area contributed by atoms with E-state index in [1.54, 1.807) is 23.6 Å². The Kier molecular flexibility index (Phi) is 3.24. The quantitative estimate of drug-likeness (QED) is 0.766. The van der Waals surface area contributed by atoms with Gasteiger partial charge in [0.1, 0.15) is 11.4 Å². The molecule has 0 fully saturated rings. The van der Waals surface area contributed by atoms with Crippen LogP contribution in [-0.4, -0.2) is 16.0 Å². The van der Waals surface area contributed by atoms with E-state index in [4.69, 9.17) is 5.73 Å². The van der Waals surface area contributed by atoms with Crippen molar-refractivity contribution in [3.63, 3.8) is 0 Å². The van der Waals surface area contributed by atoms with Gasteiger partial charge in [0.05, 0.1) is 0 Å². The van der Waals surface area contributed by atoms with Crippen molar-refractivity contribution in [3.05, 3.63) is 40.9 Å². The Bertz CT molecular complexity index is 539. The van der Waals surface area contributed by atoms with Gasteiger partial charge in [-0.3, -0.25) is 4.79 Å². The Morgan fingerprint density at radius 3 is 3.00 bits per heavy atom. The maximum atomic E-state index is 11.6. The van der Waals surface area contributed by atoms with Crippen molar-refractivity contribution < 1.29 is 9.90 Å². The number of phenols is 1. The normalized spacial score (nSPS) is 10.1. The fourth-order valence-corrected chi connectivity index (χ4v) is 1.87. The van der Waals surface area contributed by atoms with Crippen molar-refractivity contribution in [1.29, 1.82) is 0 Å². The molecule has 0 radical (unpaired) electrons. The zero-order chi connectivity index (χ0) is 12.3. The van der Waals surface area contributed by atoms with Crippen molar-refractivity contribution in [1.82, 2.24) is 10.3 Å². The number of nitrogens with one attached hydrogen (secondary N) is 1. The second-order valence-corrected chi connectivity index (χ2v) is 4.31. The van der Waals surface area contributed by atoms with Gasteiger partial charge < -0.3 is 16.2 Å². The number of thiazole rings is 1. The van der Waals surface area contributed by atoms with E-state index < -0.39 is 0 Å². The van der Waals surface area contributed by atoms with Crippen LogP contribution in [0.4, 0.5) is 5.13 Å². The molecule has 88 valence electrons. The number of amides is 1. The fourth-order valence-electron chi connectivity index (χ4n) is 1.33. The molecule has 0 aliphatic rings. The first-order chi connectivity index (χ1) is 8.15. The Hall–Kier alpha value is -2.08.